The van der Waals surface area contributed by atoms with Crippen LogP contribution in [0.25, 0.3) is 98.8 Å². The van der Waals surface area contributed by atoms with E-state index < -0.39 is 42.3 Å². The Bertz CT molecular complexity index is 3470. The van der Waals surface area contributed by atoms with Gasteiger partial charge < -0.3 is 4.42 Å². The molecule has 0 bridgehead atoms. The Morgan fingerprint density at radius 1 is 0.388 bits per heavy atom. The van der Waals surface area contributed by atoms with Crippen LogP contribution in [0.5, 0.6) is 0 Å². The Hall–Kier alpha value is -6.44. The van der Waals surface area contributed by atoms with Crippen LogP contribution in [0.15, 0.2) is 186 Å². The second-order valence-corrected chi connectivity index (χ2v) is 11.9. The van der Waals surface area contributed by atoms with Crippen LogP contribution in [0.3, 0.4) is 0 Å². The molecule has 1 heteroatoms. The summed E-state index contributed by atoms with van der Waals surface area (Å²) in [4.78, 5) is 0. The van der Waals surface area contributed by atoms with E-state index in [9.17, 15) is 0 Å². The molecule has 0 spiro atoms. The molecule has 0 aliphatic heterocycles. The molecule has 0 aliphatic carbocycles. The van der Waals surface area contributed by atoms with E-state index in [1.54, 1.807) is 24.3 Å². The van der Waals surface area contributed by atoms with Gasteiger partial charge >= 0.3 is 0 Å². The second kappa shape index (κ2) is 11.1. The first-order valence-corrected chi connectivity index (χ1v) is 15.9. The summed E-state index contributed by atoms with van der Waals surface area (Å²) in [5.41, 5.74) is 5.99. The average Bonchev–Trinajstić information content (AvgIpc) is 3.65. The maximum atomic E-state index is 9.06. The van der Waals surface area contributed by atoms with Gasteiger partial charge in [-0.25, -0.2) is 0 Å². The van der Waals surface area contributed by atoms with E-state index in [1.165, 1.54) is 0 Å². The predicted molar refractivity (Wildman–Crippen MR) is 208 cm³/mol. The molecule has 228 valence electrons. The molecule has 10 rings (SSSR count). The summed E-state index contributed by atoms with van der Waals surface area (Å²) in [6.07, 6.45) is 0. The first-order valence-electron chi connectivity index (χ1n) is 21.9. The minimum atomic E-state index is -0.511. The first-order chi connectivity index (χ1) is 29.3. The van der Waals surface area contributed by atoms with Crippen LogP contribution in [-0.4, -0.2) is 0 Å². The van der Waals surface area contributed by atoms with Gasteiger partial charge in [0.2, 0.25) is 0 Å². The Morgan fingerprint density at radius 3 is 1.76 bits per heavy atom. The standard InChI is InChI=1S/C48H30O/c1-2-11-31(12-3-1)37-27-28-44-43(30-37)48-42(19-10-20-45(48)49-44)47-40-17-8-6-15-38(40)46(39-16-7-9-18-41(39)47)34-24-21-33(22-25-34)36-26-23-32-13-4-5-14-35(32)29-36/h1-30H/i1D,2D,3D,4D,5D,11D,12D,13D,14D,23D,26D,29D. The first kappa shape index (κ1) is 18.2. The fraction of sp³-hybridized carbons (Fsp3) is 0. The number of rotatable bonds is 4. The van der Waals surface area contributed by atoms with Crippen molar-refractivity contribution in [1.82, 2.24) is 0 Å². The molecule has 10 aromatic rings. The van der Waals surface area contributed by atoms with E-state index >= 15 is 0 Å². The predicted octanol–water partition coefficient (Wildman–Crippen LogP) is 13.7. The van der Waals surface area contributed by atoms with E-state index in [1.807, 2.05) is 60.7 Å². The van der Waals surface area contributed by atoms with Crippen molar-refractivity contribution in [3.8, 4) is 44.5 Å². The third-order valence-electron chi connectivity index (χ3n) is 9.20. The Labute approximate surface area is 301 Å². The molecule has 0 amide bonds. The van der Waals surface area contributed by atoms with Crippen molar-refractivity contribution >= 4 is 54.3 Å². The molecule has 1 nitrogen and oxygen atoms in total. The molecule has 9 aromatic carbocycles. The zero-order chi connectivity index (χ0) is 42.8. The molecule has 0 fully saturated rings. The summed E-state index contributed by atoms with van der Waals surface area (Å²) in [5.74, 6) is 0. The quantitative estimate of drug-likeness (QED) is 0.176. The van der Waals surface area contributed by atoms with Gasteiger partial charge in [0.25, 0.3) is 0 Å². The number of hydrogen-bond donors (Lipinski definition) is 0. The zero-order valence-electron chi connectivity index (χ0n) is 37.8. The second-order valence-electron chi connectivity index (χ2n) is 11.9. The Kier molecular flexibility index (Phi) is 4.11. The summed E-state index contributed by atoms with van der Waals surface area (Å²) in [6, 6.07) is 30.1. The fourth-order valence-corrected chi connectivity index (χ4v) is 7.04. The molecule has 0 N–H and O–H groups in total. The minimum absolute atomic E-state index is 0.0932. The van der Waals surface area contributed by atoms with Gasteiger partial charge in [-0.1, -0.05) is 157 Å². The lowest BCUT2D eigenvalue weighted by Gasteiger charge is -2.18. The van der Waals surface area contributed by atoms with Crippen LogP contribution in [-0.2, 0) is 0 Å². The van der Waals surface area contributed by atoms with Crippen molar-refractivity contribution in [3.05, 3.63) is 182 Å². The van der Waals surface area contributed by atoms with Crippen LogP contribution in [0.4, 0.5) is 0 Å². The number of furan rings is 1. The van der Waals surface area contributed by atoms with Crippen LogP contribution in [0.2, 0.25) is 0 Å². The van der Waals surface area contributed by atoms with Crippen LogP contribution < -0.4 is 0 Å². The molecule has 0 atom stereocenters. The SMILES string of the molecule is [2H]c1c([2H])c([2H])c(-c2ccc3oc4cccc(-c5c6ccccc6c(-c6ccc(-c7c([2H])c([2H])c8c([2H])c([2H])c([2H])c([2H])c8c7[2H])cc6)c6ccccc56)c4c3c2)c([2H])c1[2H]. The maximum Gasteiger partial charge on any atom is 0.136 e. The summed E-state index contributed by atoms with van der Waals surface area (Å²) in [6.45, 7) is 0. The van der Waals surface area contributed by atoms with E-state index in [4.69, 9.17) is 20.9 Å². The van der Waals surface area contributed by atoms with Crippen LogP contribution in [0.1, 0.15) is 16.4 Å². The van der Waals surface area contributed by atoms with Gasteiger partial charge in [-0.05, 0) is 101 Å². The molecule has 1 aromatic heterocycles. The number of hydrogen-bond acceptors (Lipinski definition) is 1. The molecule has 0 unspecified atom stereocenters. The molecule has 0 saturated carbocycles. The molecular formula is C48H30O. The van der Waals surface area contributed by atoms with Gasteiger partial charge in [0.15, 0.2) is 0 Å². The number of fused-ring (bicyclic) bond motifs is 6. The molecule has 0 aliphatic rings. The number of benzene rings is 9. The normalized spacial score (nSPS) is 15.1. The van der Waals surface area contributed by atoms with Gasteiger partial charge in [0.05, 0.1) is 16.4 Å². The highest BCUT2D eigenvalue weighted by atomic mass is 16.3. The zero-order valence-corrected chi connectivity index (χ0v) is 25.8. The highest BCUT2D eigenvalue weighted by Crippen LogP contribution is 2.47. The van der Waals surface area contributed by atoms with Gasteiger partial charge in [-0.15, -0.1) is 0 Å². The fourth-order valence-electron chi connectivity index (χ4n) is 7.04. The maximum absolute atomic E-state index is 9.06. The van der Waals surface area contributed by atoms with Crippen LogP contribution >= 0.6 is 0 Å². The minimum Gasteiger partial charge on any atom is -0.456 e. The highest BCUT2D eigenvalue weighted by molar-refractivity contribution is 6.25. The van der Waals surface area contributed by atoms with E-state index in [0.29, 0.717) is 22.3 Å². The van der Waals surface area contributed by atoms with Crippen LogP contribution in [0, 0.1) is 0 Å². The monoisotopic (exact) mass is 634 g/mol. The molecule has 1 heterocycles. The largest absolute Gasteiger partial charge is 0.456 e. The molecule has 0 saturated heterocycles. The van der Waals surface area contributed by atoms with Crippen molar-refractivity contribution in [1.29, 1.82) is 0 Å². The van der Waals surface area contributed by atoms with E-state index in [-0.39, 0.29) is 52.1 Å². The van der Waals surface area contributed by atoms with Gasteiger partial charge in [0, 0.05) is 10.8 Å². The highest BCUT2D eigenvalue weighted by Gasteiger charge is 2.20. The average molecular weight is 635 g/mol. The van der Waals surface area contributed by atoms with Crippen molar-refractivity contribution < 1.29 is 20.9 Å². The summed E-state index contributed by atoms with van der Waals surface area (Å²) in [5, 5.41) is 5.10. The van der Waals surface area contributed by atoms with Crippen molar-refractivity contribution in [2.75, 3.05) is 0 Å². The topological polar surface area (TPSA) is 13.1 Å². The third-order valence-corrected chi connectivity index (χ3v) is 9.20. The smallest absolute Gasteiger partial charge is 0.136 e. The van der Waals surface area contributed by atoms with E-state index in [0.717, 1.165) is 54.6 Å². The molecular weight excluding hydrogens is 593 g/mol. The Balaban J connectivity index is 1.19. The van der Waals surface area contributed by atoms with Crippen molar-refractivity contribution in [2.45, 2.75) is 0 Å². The lowest BCUT2D eigenvalue weighted by atomic mass is 9.84. The molecule has 49 heavy (non-hydrogen) atoms. The third kappa shape index (κ3) is 4.47. The lowest BCUT2D eigenvalue weighted by Crippen LogP contribution is -1.91. The van der Waals surface area contributed by atoms with E-state index in [2.05, 4.69) is 24.3 Å². The van der Waals surface area contributed by atoms with Crippen molar-refractivity contribution in [2.24, 2.45) is 0 Å². The van der Waals surface area contributed by atoms with Gasteiger partial charge in [-0.2, -0.15) is 0 Å². The molecule has 0 radical (unpaired) electrons. The lowest BCUT2D eigenvalue weighted by molar-refractivity contribution is 0.669. The Morgan fingerprint density at radius 2 is 1.02 bits per heavy atom. The van der Waals surface area contributed by atoms with Gasteiger partial charge in [-0.3, -0.25) is 0 Å². The van der Waals surface area contributed by atoms with Gasteiger partial charge in [0.1, 0.15) is 11.2 Å². The summed E-state index contributed by atoms with van der Waals surface area (Å²) >= 11 is 0. The van der Waals surface area contributed by atoms with Crippen molar-refractivity contribution in [3.63, 3.8) is 0 Å². The summed E-state index contributed by atoms with van der Waals surface area (Å²) < 4.78 is 108. The summed E-state index contributed by atoms with van der Waals surface area (Å²) in [7, 11) is 0.